The number of alkyl halides is 3. The third-order valence-corrected chi connectivity index (χ3v) is 5.62. The fraction of sp³-hybridized carbons (Fsp3) is 0.455. The zero-order valence-corrected chi connectivity index (χ0v) is 18.7. The number of aromatic nitrogens is 2. The van der Waals surface area contributed by atoms with Gasteiger partial charge in [-0.1, -0.05) is 31.5 Å². The average Bonchev–Trinajstić information content (AvgIpc) is 2.99. The van der Waals surface area contributed by atoms with Gasteiger partial charge in [-0.2, -0.15) is 13.2 Å². The van der Waals surface area contributed by atoms with Crippen LogP contribution in [0.1, 0.15) is 37.1 Å². The molecule has 0 spiro atoms. The summed E-state index contributed by atoms with van der Waals surface area (Å²) in [4.78, 5) is 36.2. The number of amides is 2. The van der Waals surface area contributed by atoms with E-state index in [0.717, 1.165) is 17.8 Å². The summed E-state index contributed by atoms with van der Waals surface area (Å²) >= 11 is 5.93. The monoisotopic (exact) mass is 468 g/mol. The number of halogens is 4. The van der Waals surface area contributed by atoms with Gasteiger partial charge in [-0.05, 0) is 42.5 Å². The molecule has 2 amide bonds. The first-order valence-electron chi connectivity index (χ1n) is 10.2. The highest BCUT2D eigenvalue weighted by atomic mass is 35.5. The second kappa shape index (κ2) is 9.44. The van der Waals surface area contributed by atoms with E-state index in [1.165, 1.54) is 22.1 Å². The van der Waals surface area contributed by atoms with Crippen LogP contribution in [0.15, 0.2) is 30.6 Å². The molecule has 1 saturated heterocycles. The molecule has 2 aromatic rings. The topological polar surface area (TPSA) is 66.4 Å². The van der Waals surface area contributed by atoms with Crippen LogP contribution in [0.4, 0.5) is 23.7 Å². The summed E-state index contributed by atoms with van der Waals surface area (Å²) in [6.07, 6.45) is -1.22. The van der Waals surface area contributed by atoms with E-state index >= 15 is 0 Å². The lowest BCUT2D eigenvalue weighted by molar-refractivity contribution is -0.141. The molecule has 6 nitrogen and oxygen atoms in total. The van der Waals surface area contributed by atoms with Crippen molar-refractivity contribution in [2.45, 2.75) is 45.8 Å². The zero-order chi connectivity index (χ0) is 23.6. The predicted octanol–water partition coefficient (Wildman–Crippen LogP) is 4.93. The lowest BCUT2D eigenvalue weighted by atomic mass is 10.0. The second-order valence-electron chi connectivity index (χ2n) is 8.37. The summed E-state index contributed by atoms with van der Waals surface area (Å²) in [5, 5.41) is 0.369. The lowest BCUT2D eigenvalue weighted by Crippen LogP contribution is -2.40. The van der Waals surface area contributed by atoms with E-state index in [1.54, 1.807) is 13.0 Å². The van der Waals surface area contributed by atoms with E-state index in [2.05, 4.69) is 9.97 Å². The van der Waals surface area contributed by atoms with E-state index in [0.29, 0.717) is 17.1 Å². The molecule has 0 saturated carbocycles. The molecule has 3 rings (SSSR count). The van der Waals surface area contributed by atoms with Crippen LogP contribution in [0.25, 0.3) is 0 Å². The van der Waals surface area contributed by atoms with E-state index in [-0.39, 0.29) is 42.9 Å². The second-order valence-corrected chi connectivity index (χ2v) is 8.73. The molecule has 1 atom stereocenters. The molecule has 0 radical (unpaired) electrons. The van der Waals surface area contributed by atoms with Crippen LogP contribution in [0.2, 0.25) is 5.15 Å². The van der Waals surface area contributed by atoms with Crippen LogP contribution in [-0.2, 0) is 17.4 Å². The molecule has 0 aliphatic carbocycles. The molecule has 1 aliphatic rings. The minimum absolute atomic E-state index is 0.0948. The third kappa shape index (κ3) is 5.56. The number of Topliss-reactive ketones (excluding diaryl/α,β-unsaturated/α-hetero) is 1. The van der Waals surface area contributed by atoms with Gasteiger partial charge in [-0.25, -0.2) is 14.8 Å². The van der Waals surface area contributed by atoms with Crippen molar-refractivity contribution in [1.82, 2.24) is 14.9 Å². The van der Waals surface area contributed by atoms with Crippen LogP contribution in [0.5, 0.6) is 0 Å². The van der Waals surface area contributed by atoms with E-state index in [4.69, 9.17) is 11.6 Å². The van der Waals surface area contributed by atoms with Gasteiger partial charge in [-0.15, -0.1) is 0 Å². The number of hydrogen-bond acceptors (Lipinski definition) is 4. The van der Waals surface area contributed by atoms with Crippen molar-refractivity contribution in [1.29, 1.82) is 0 Å². The molecule has 0 unspecified atom stereocenters. The molecular weight excluding hydrogens is 445 g/mol. The summed E-state index contributed by atoms with van der Waals surface area (Å²) in [6, 6.07) is 3.21. The highest BCUT2D eigenvalue weighted by Gasteiger charge is 2.39. The van der Waals surface area contributed by atoms with Gasteiger partial charge in [0.1, 0.15) is 10.8 Å². The number of anilines is 1. The number of aryl methyl sites for hydroxylation is 1. The Bertz CT molecular complexity index is 996. The van der Waals surface area contributed by atoms with Crippen molar-refractivity contribution in [2.24, 2.45) is 5.92 Å². The quantitative estimate of drug-likeness (QED) is 0.541. The Labute approximate surface area is 189 Å². The van der Waals surface area contributed by atoms with Crippen molar-refractivity contribution >= 4 is 29.1 Å². The molecule has 2 aromatic heterocycles. The number of carbonyl (C=O) groups is 2. The van der Waals surface area contributed by atoms with E-state index in [9.17, 15) is 22.8 Å². The molecule has 0 N–H and O–H groups in total. The highest BCUT2D eigenvalue weighted by Crippen LogP contribution is 2.31. The van der Waals surface area contributed by atoms with Crippen LogP contribution >= 0.6 is 11.6 Å². The Morgan fingerprint density at radius 3 is 2.53 bits per heavy atom. The normalized spacial score (nSPS) is 16.9. The van der Waals surface area contributed by atoms with Gasteiger partial charge in [0.15, 0.2) is 5.78 Å². The Balaban J connectivity index is 1.76. The highest BCUT2D eigenvalue weighted by molar-refractivity contribution is 6.30. The number of hydrogen-bond donors (Lipinski definition) is 0. The molecule has 0 bridgehead atoms. The fourth-order valence-corrected chi connectivity index (χ4v) is 3.86. The molecule has 1 aliphatic heterocycles. The summed E-state index contributed by atoms with van der Waals surface area (Å²) in [7, 11) is 0. The maximum atomic E-state index is 13.1. The van der Waals surface area contributed by atoms with Gasteiger partial charge in [0.2, 0.25) is 0 Å². The van der Waals surface area contributed by atoms with E-state index < -0.39 is 17.9 Å². The van der Waals surface area contributed by atoms with Gasteiger partial charge >= 0.3 is 12.2 Å². The first kappa shape index (κ1) is 24.0. The molecule has 32 heavy (non-hydrogen) atoms. The first-order valence-corrected chi connectivity index (χ1v) is 10.6. The van der Waals surface area contributed by atoms with Gasteiger partial charge in [0.05, 0.1) is 24.5 Å². The zero-order valence-electron chi connectivity index (χ0n) is 18.0. The summed E-state index contributed by atoms with van der Waals surface area (Å²) in [5.74, 6) is 0.0993. The number of nitrogens with zero attached hydrogens (tertiary/aromatic N) is 4. The maximum Gasteiger partial charge on any atom is 0.433 e. The third-order valence-electron chi connectivity index (χ3n) is 5.22. The Morgan fingerprint density at radius 2 is 1.97 bits per heavy atom. The minimum Gasteiger partial charge on any atom is -0.312 e. The number of rotatable bonds is 7. The Hall–Kier alpha value is -2.68. The average molecular weight is 469 g/mol. The van der Waals surface area contributed by atoms with Gasteiger partial charge in [0.25, 0.3) is 0 Å². The van der Waals surface area contributed by atoms with Crippen LogP contribution in [0, 0.1) is 12.8 Å². The molecule has 172 valence electrons. The number of ketones is 1. The largest absolute Gasteiger partial charge is 0.433 e. The van der Waals surface area contributed by atoms with Crippen molar-refractivity contribution in [3.05, 3.63) is 52.6 Å². The van der Waals surface area contributed by atoms with Crippen LogP contribution < -0.4 is 4.90 Å². The SMILES string of the molecule is Cc1cc(CC(=O)CN2C(=O)N(c3ccc(C(F)(F)F)nc3)C[C@@H]2CC(C)C)cnc1Cl. The van der Waals surface area contributed by atoms with Crippen molar-refractivity contribution in [3.8, 4) is 0 Å². The van der Waals surface area contributed by atoms with E-state index in [1.807, 2.05) is 13.8 Å². The summed E-state index contributed by atoms with van der Waals surface area (Å²) in [5.41, 5.74) is 0.704. The standard InChI is InChI=1S/C22H24ClF3N4O2/c1-13(2)6-17-11-29(16-4-5-19(27-10-16)22(24,25)26)21(32)30(17)12-18(31)8-15-7-14(3)20(23)28-9-15/h4-5,7,9-10,13,17H,6,8,11-12H2,1-3H3/t17-/m0/s1. The van der Waals surface area contributed by atoms with Gasteiger partial charge < -0.3 is 4.90 Å². The summed E-state index contributed by atoms with van der Waals surface area (Å²) in [6.45, 7) is 5.99. The van der Waals surface area contributed by atoms with Crippen molar-refractivity contribution < 1.29 is 22.8 Å². The number of urea groups is 1. The summed E-state index contributed by atoms with van der Waals surface area (Å²) < 4.78 is 38.4. The number of pyridine rings is 2. The molecule has 0 aromatic carbocycles. The van der Waals surface area contributed by atoms with Crippen LogP contribution in [0.3, 0.4) is 0 Å². The van der Waals surface area contributed by atoms with Gasteiger partial charge in [-0.3, -0.25) is 9.69 Å². The lowest BCUT2D eigenvalue weighted by Gasteiger charge is -2.23. The number of carbonyl (C=O) groups excluding carboxylic acids is 2. The molecular formula is C22H24ClF3N4O2. The molecule has 3 heterocycles. The molecule has 10 heteroatoms. The first-order chi connectivity index (χ1) is 15.0. The molecule has 1 fully saturated rings. The maximum absolute atomic E-state index is 13.1. The minimum atomic E-state index is -4.55. The van der Waals surface area contributed by atoms with Gasteiger partial charge in [0, 0.05) is 19.2 Å². The van der Waals surface area contributed by atoms with Crippen LogP contribution in [-0.4, -0.2) is 45.8 Å². The van der Waals surface area contributed by atoms with Crippen molar-refractivity contribution in [2.75, 3.05) is 18.0 Å². The Kier molecular flexibility index (Phi) is 7.07. The fourth-order valence-electron chi connectivity index (χ4n) is 3.76. The predicted molar refractivity (Wildman–Crippen MR) is 115 cm³/mol. The Morgan fingerprint density at radius 1 is 1.25 bits per heavy atom. The smallest absolute Gasteiger partial charge is 0.312 e. The van der Waals surface area contributed by atoms with Crippen molar-refractivity contribution in [3.63, 3.8) is 0 Å².